The minimum absolute atomic E-state index is 0.179. The standard InChI is InChI=1S/C24H30FN5O2S/c1-29(2)15-14-26-23-27-21(17-6-8-18(25)9-7-17)22(33-23)19-10-11-20(31)30(28-19)16-24(32)12-4-3-5-13-24/h6-11,32H,3-5,12-16H2,1-2H3,(H,26,27). The van der Waals surface area contributed by atoms with Gasteiger partial charge >= 0.3 is 0 Å². The van der Waals surface area contributed by atoms with Crippen LogP contribution in [-0.2, 0) is 6.54 Å². The Morgan fingerprint density at radius 2 is 1.88 bits per heavy atom. The minimum Gasteiger partial charge on any atom is -0.388 e. The third-order valence-electron chi connectivity index (χ3n) is 5.91. The molecule has 4 rings (SSSR count). The van der Waals surface area contributed by atoms with Gasteiger partial charge in [-0.3, -0.25) is 4.79 Å². The molecule has 0 saturated heterocycles. The fourth-order valence-electron chi connectivity index (χ4n) is 4.09. The van der Waals surface area contributed by atoms with E-state index in [0.717, 1.165) is 47.9 Å². The van der Waals surface area contributed by atoms with E-state index in [1.54, 1.807) is 18.2 Å². The van der Waals surface area contributed by atoms with Crippen LogP contribution in [0.15, 0.2) is 41.2 Å². The number of aromatic nitrogens is 3. The molecule has 3 aromatic rings. The Morgan fingerprint density at radius 3 is 2.58 bits per heavy atom. The van der Waals surface area contributed by atoms with E-state index in [2.05, 4.69) is 15.3 Å². The van der Waals surface area contributed by atoms with E-state index in [0.29, 0.717) is 24.2 Å². The quantitative estimate of drug-likeness (QED) is 0.519. The highest BCUT2D eigenvalue weighted by molar-refractivity contribution is 7.19. The molecule has 0 radical (unpaired) electrons. The fourth-order valence-corrected chi connectivity index (χ4v) is 5.07. The Hall–Kier alpha value is -2.62. The second-order valence-electron chi connectivity index (χ2n) is 8.93. The number of thiazole rings is 1. The van der Waals surface area contributed by atoms with Crippen molar-refractivity contribution in [1.82, 2.24) is 19.7 Å². The summed E-state index contributed by atoms with van der Waals surface area (Å²) < 4.78 is 14.9. The molecule has 7 nitrogen and oxygen atoms in total. The smallest absolute Gasteiger partial charge is 0.266 e. The third kappa shape index (κ3) is 5.85. The van der Waals surface area contributed by atoms with Gasteiger partial charge in [-0.1, -0.05) is 30.6 Å². The molecule has 0 atom stereocenters. The molecule has 1 aromatic carbocycles. The SMILES string of the molecule is CN(C)CCNc1nc(-c2ccc(F)cc2)c(-c2ccc(=O)n(CC3(O)CCCCC3)n2)s1. The molecule has 0 aliphatic heterocycles. The van der Waals surface area contributed by atoms with E-state index in [1.165, 1.54) is 34.2 Å². The number of likely N-dealkylation sites (N-methyl/N-ethyl adjacent to an activating group) is 1. The van der Waals surface area contributed by atoms with Crippen LogP contribution in [0.5, 0.6) is 0 Å². The van der Waals surface area contributed by atoms with Crippen molar-refractivity contribution in [3.63, 3.8) is 0 Å². The molecule has 9 heteroatoms. The Bertz CT molecular complexity index is 1140. The summed E-state index contributed by atoms with van der Waals surface area (Å²) in [6.07, 6.45) is 4.36. The van der Waals surface area contributed by atoms with Gasteiger partial charge in [-0.2, -0.15) is 5.10 Å². The second kappa shape index (κ2) is 10.1. The molecule has 2 aromatic heterocycles. The predicted octanol–water partition coefficient (Wildman–Crippen LogP) is 3.84. The van der Waals surface area contributed by atoms with Crippen LogP contribution in [0, 0.1) is 5.82 Å². The molecular formula is C24H30FN5O2S. The van der Waals surface area contributed by atoms with Gasteiger partial charge in [0.15, 0.2) is 5.13 Å². The number of anilines is 1. The van der Waals surface area contributed by atoms with Crippen LogP contribution < -0.4 is 10.9 Å². The monoisotopic (exact) mass is 471 g/mol. The maximum atomic E-state index is 13.5. The zero-order chi connectivity index (χ0) is 23.4. The van der Waals surface area contributed by atoms with E-state index in [4.69, 9.17) is 4.98 Å². The Kier molecular flexibility index (Phi) is 7.21. The van der Waals surface area contributed by atoms with Crippen LogP contribution in [0.3, 0.4) is 0 Å². The molecule has 1 aliphatic rings. The minimum atomic E-state index is -0.903. The Labute approximate surface area is 196 Å². The largest absolute Gasteiger partial charge is 0.388 e. The lowest BCUT2D eigenvalue weighted by Crippen LogP contribution is -2.40. The first-order valence-electron chi connectivity index (χ1n) is 11.3. The van der Waals surface area contributed by atoms with Crippen molar-refractivity contribution in [1.29, 1.82) is 0 Å². The third-order valence-corrected chi connectivity index (χ3v) is 6.94. The second-order valence-corrected chi connectivity index (χ2v) is 9.93. The van der Waals surface area contributed by atoms with Crippen molar-refractivity contribution >= 4 is 16.5 Å². The molecule has 176 valence electrons. The molecular weight excluding hydrogens is 441 g/mol. The van der Waals surface area contributed by atoms with Gasteiger partial charge in [-0.05, 0) is 57.3 Å². The highest BCUT2D eigenvalue weighted by Crippen LogP contribution is 2.38. The topological polar surface area (TPSA) is 83.3 Å². The number of hydrogen-bond acceptors (Lipinski definition) is 7. The number of hydrogen-bond donors (Lipinski definition) is 2. The van der Waals surface area contributed by atoms with Crippen LogP contribution in [0.2, 0.25) is 0 Å². The number of benzene rings is 1. The van der Waals surface area contributed by atoms with Gasteiger partial charge in [-0.25, -0.2) is 14.1 Å². The number of nitrogens with zero attached hydrogens (tertiary/aromatic N) is 4. The summed E-state index contributed by atoms with van der Waals surface area (Å²) in [7, 11) is 4.01. The maximum absolute atomic E-state index is 13.5. The fraction of sp³-hybridized carbons (Fsp3) is 0.458. The van der Waals surface area contributed by atoms with Gasteiger partial charge in [-0.15, -0.1) is 0 Å². The summed E-state index contributed by atoms with van der Waals surface area (Å²) in [6, 6.07) is 9.38. The zero-order valence-electron chi connectivity index (χ0n) is 19.1. The zero-order valence-corrected chi connectivity index (χ0v) is 19.9. The molecule has 1 fully saturated rings. The Morgan fingerprint density at radius 1 is 1.15 bits per heavy atom. The molecule has 0 amide bonds. The van der Waals surface area contributed by atoms with Crippen LogP contribution in [0.1, 0.15) is 32.1 Å². The summed E-state index contributed by atoms with van der Waals surface area (Å²) in [5.41, 5.74) is 0.914. The summed E-state index contributed by atoms with van der Waals surface area (Å²) >= 11 is 1.45. The molecule has 2 heterocycles. The average molecular weight is 472 g/mol. The first kappa shape index (κ1) is 23.5. The van der Waals surface area contributed by atoms with Gasteiger partial charge in [0.1, 0.15) is 11.5 Å². The van der Waals surface area contributed by atoms with E-state index >= 15 is 0 Å². The van der Waals surface area contributed by atoms with Crippen LogP contribution in [0.4, 0.5) is 9.52 Å². The lowest BCUT2D eigenvalue weighted by Gasteiger charge is -2.31. The molecule has 1 aliphatic carbocycles. The number of aliphatic hydroxyl groups is 1. The van der Waals surface area contributed by atoms with Crippen molar-refractivity contribution in [2.75, 3.05) is 32.5 Å². The normalized spacial score (nSPS) is 15.7. The molecule has 0 unspecified atom stereocenters. The summed E-state index contributed by atoms with van der Waals surface area (Å²) in [4.78, 5) is 20.2. The van der Waals surface area contributed by atoms with Crippen molar-refractivity contribution < 1.29 is 9.50 Å². The van der Waals surface area contributed by atoms with Crippen LogP contribution >= 0.6 is 11.3 Å². The molecule has 0 spiro atoms. The van der Waals surface area contributed by atoms with Gasteiger partial charge in [0.05, 0.1) is 22.7 Å². The first-order chi connectivity index (χ1) is 15.8. The highest BCUT2D eigenvalue weighted by Gasteiger charge is 2.30. The summed E-state index contributed by atoms with van der Waals surface area (Å²) in [6.45, 7) is 1.75. The van der Waals surface area contributed by atoms with Crippen molar-refractivity contribution in [3.05, 3.63) is 52.6 Å². The molecule has 1 saturated carbocycles. The van der Waals surface area contributed by atoms with Crippen LogP contribution in [0.25, 0.3) is 21.8 Å². The van der Waals surface area contributed by atoms with E-state index < -0.39 is 5.60 Å². The van der Waals surface area contributed by atoms with E-state index in [1.807, 2.05) is 14.1 Å². The lowest BCUT2D eigenvalue weighted by atomic mass is 9.85. The van der Waals surface area contributed by atoms with E-state index in [-0.39, 0.29) is 17.9 Å². The highest BCUT2D eigenvalue weighted by atomic mass is 32.1. The predicted molar refractivity (Wildman–Crippen MR) is 130 cm³/mol. The average Bonchev–Trinajstić information content (AvgIpc) is 3.20. The summed E-state index contributed by atoms with van der Waals surface area (Å²) in [5.74, 6) is -0.313. The lowest BCUT2D eigenvalue weighted by molar-refractivity contribution is -0.0153. The first-order valence-corrected chi connectivity index (χ1v) is 12.1. The van der Waals surface area contributed by atoms with Crippen molar-refractivity contribution in [2.24, 2.45) is 0 Å². The molecule has 0 bridgehead atoms. The van der Waals surface area contributed by atoms with Crippen LogP contribution in [-0.4, -0.2) is 57.6 Å². The molecule has 33 heavy (non-hydrogen) atoms. The van der Waals surface area contributed by atoms with Gasteiger partial charge in [0, 0.05) is 24.7 Å². The summed E-state index contributed by atoms with van der Waals surface area (Å²) in [5, 5.41) is 19.6. The van der Waals surface area contributed by atoms with Gasteiger partial charge < -0.3 is 15.3 Å². The Balaban J connectivity index is 1.69. The number of nitrogens with one attached hydrogen (secondary N) is 1. The van der Waals surface area contributed by atoms with Crippen molar-refractivity contribution in [3.8, 4) is 21.8 Å². The van der Waals surface area contributed by atoms with E-state index in [9.17, 15) is 14.3 Å². The van der Waals surface area contributed by atoms with Gasteiger partial charge in [0.25, 0.3) is 5.56 Å². The van der Waals surface area contributed by atoms with Gasteiger partial charge in [0.2, 0.25) is 0 Å². The number of halogens is 1. The van der Waals surface area contributed by atoms with Crippen molar-refractivity contribution in [2.45, 2.75) is 44.2 Å². The number of rotatable bonds is 8. The maximum Gasteiger partial charge on any atom is 0.266 e. The molecule has 2 N–H and O–H groups in total.